The van der Waals surface area contributed by atoms with Gasteiger partial charge in [-0.25, -0.2) is 0 Å². The number of carbonyl (C=O) groups excluding carboxylic acids is 1. The minimum absolute atomic E-state index is 0.125. The second kappa shape index (κ2) is 7.05. The van der Waals surface area contributed by atoms with Gasteiger partial charge in [0.1, 0.15) is 5.75 Å². The zero-order valence-corrected chi connectivity index (χ0v) is 13.9. The number of benzene rings is 2. The number of hydrogen-bond donors (Lipinski definition) is 0. The lowest BCUT2D eigenvalue weighted by Crippen LogP contribution is -2.31. The van der Waals surface area contributed by atoms with Crippen LogP contribution in [0.25, 0.3) is 0 Å². The summed E-state index contributed by atoms with van der Waals surface area (Å²) in [6.07, 6.45) is 2.36. The fourth-order valence-electron chi connectivity index (χ4n) is 3.17. The van der Waals surface area contributed by atoms with E-state index in [2.05, 4.69) is 6.07 Å². The average molecular weight is 330 g/mol. The van der Waals surface area contributed by atoms with Gasteiger partial charge < -0.3 is 9.64 Å². The molecule has 1 aliphatic heterocycles. The molecule has 1 saturated heterocycles. The van der Waals surface area contributed by atoms with Gasteiger partial charge in [-0.15, -0.1) is 0 Å². The van der Waals surface area contributed by atoms with Gasteiger partial charge in [0.05, 0.1) is 19.6 Å². The second-order valence-corrected chi connectivity index (χ2v) is 6.20. The zero-order chi connectivity index (χ0) is 16.2. The molecule has 1 atom stereocenters. The average Bonchev–Trinajstić information content (AvgIpc) is 3.07. The van der Waals surface area contributed by atoms with Crippen molar-refractivity contribution in [3.8, 4) is 5.75 Å². The summed E-state index contributed by atoms with van der Waals surface area (Å²) < 4.78 is 5.30. The van der Waals surface area contributed by atoms with Crippen molar-refractivity contribution in [2.75, 3.05) is 13.7 Å². The summed E-state index contributed by atoms with van der Waals surface area (Å²) in [7, 11) is 1.66. The number of ether oxygens (including phenoxy) is 1. The van der Waals surface area contributed by atoms with Gasteiger partial charge in [-0.05, 0) is 42.2 Å². The predicted molar refractivity (Wildman–Crippen MR) is 91.8 cm³/mol. The highest BCUT2D eigenvalue weighted by Crippen LogP contribution is 2.34. The van der Waals surface area contributed by atoms with E-state index in [-0.39, 0.29) is 11.9 Å². The van der Waals surface area contributed by atoms with Gasteiger partial charge in [-0.2, -0.15) is 0 Å². The van der Waals surface area contributed by atoms with Crippen LogP contribution in [-0.2, 0) is 11.2 Å². The molecule has 1 amide bonds. The zero-order valence-electron chi connectivity index (χ0n) is 13.2. The Bertz CT molecular complexity index is 701. The first-order valence-corrected chi connectivity index (χ1v) is 8.23. The number of rotatable bonds is 4. The van der Waals surface area contributed by atoms with Crippen molar-refractivity contribution in [3.05, 3.63) is 64.7 Å². The number of likely N-dealkylation sites (tertiary alicyclic amines) is 1. The molecule has 0 aliphatic carbocycles. The fourth-order valence-corrected chi connectivity index (χ4v) is 3.37. The fraction of sp³-hybridized carbons (Fsp3) is 0.316. The molecular formula is C19H20ClNO2. The monoisotopic (exact) mass is 329 g/mol. The van der Waals surface area contributed by atoms with Crippen molar-refractivity contribution in [1.82, 2.24) is 4.90 Å². The van der Waals surface area contributed by atoms with E-state index in [1.807, 2.05) is 47.4 Å². The smallest absolute Gasteiger partial charge is 0.227 e. The summed E-state index contributed by atoms with van der Waals surface area (Å²) in [5, 5.41) is 0.651. The summed E-state index contributed by atoms with van der Waals surface area (Å²) in [5.74, 6) is 0.955. The third kappa shape index (κ3) is 3.50. The Labute approximate surface area is 141 Å². The third-order valence-electron chi connectivity index (χ3n) is 4.35. The number of carbonyl (C=O) groups is 1. The van der Waals surface area contributed by atoms with E-state index in [4.69, 9.17) is 16.3 Å². The summed E-state index contributed by atoms with van der Waals surface area (Å²) in [6.45, 7) is 0.797. The highest BCUT2D eigenvalue weighted by atomic mass is 35.5. The van der Waals surface area contributed by atoms with E-state index < -0.39 is 0 Å². The standard InChI is InChI=1S/C19H20ClNO2/c1-23-16-8-4-7-15(12-16)18-10-5-11-21(18)19(22)13-14-6-2-3-9-17(14)20/h2-4,6-9,12,18H,5,10-11,13H2,1H3. The van der Waals surface area contributed by atoms with Gasteiger partial charge in [0, 0.05) is 11.6 Å². The van der Waals surface area contributed by atoms with Crippen LogP contribution in [0.4, 0.5) is 0 Å². The highest BCUT2D eigenvalue weighted by molar-refractivity contribution is 6.31. The van der Waals surface area contributed by atoms with Gasteiger partial charge in [0.25, 0.3) is 0 Å². The molecule has 0 radical (unpaired) electrons. The van der Waals surface area contributed by atoms with E-state index in [0.717, 1.165) is 36.3 Å². The lowest BCUT2D eigenvalue weighted by atomic mass is 10.0. The first kappa shape index (κ1) is 15.9. The Morgan fingerprint density at radius 2 is 2.09 bits per heavy atom. The molecule has 1 fully saturated rings. The predicted octanol–water partition coefficient (Wildman–Crippen LogP) is 4.25. The van der Waals surface area contributed by atoms with Crippen LogP contribution in [0.15, 0.2) is 48.5 Å². The molecule has 23 heavy (non-hydrogen) atoms. The maximum absolute atomic E-state index is 12.7. The Hall–Kier alpha value is -2.00. The van der Waals surface area contributed by atoms with E-state index in [1.54, 1.807) is 7.11 Å². The van der Waals surface area contributed by atoms with Crippen LogP contribution in [0.5, 0.6) is 5.75 Å². The van der Waals surface area contributed by atoms with Crippen LogP contribution in [-0.4, -0.2) is 24.5 Å². The largest absolute Gasteiger partial charge is 0.497 e. The molecule has 3 nitrogen and oxygen atoms in total. The molecule has 3 rings (SSSR count). The molecule has 4 heteroatoms. The van der Waals surface area contributed by atoms with Crippen molar-refractivity contribution in [1.29, 1.82) is 0 Å². The van der Waals surface area contributed by atoms with Crippen LogP contribution in [0.3, 0.4) is 0 Å². The summed E-state index contributed by atoms with van der Waals surface area (Å²) in [6, 6.07) is 15.6. The van der Waals surface area contributed by atoms with Crippen LogP contribution in [0.1, 0.15) is 30.0 Å². The number of hydrogen-bond acceptors (Lipinski definition) is 2. The summed E-state index contributed by atoms with van der Waals surface area (Å²) in [4.78, 5) is 14.7. The van der Waals surface area contributed by atoms with Crippen molar-refractivity contribution >= 4 is 17.5 Å². The molecule has 0 saturated carbocycles. The molecular weight excluding hydrogens is 310 g/mol. The molecule has 120 valence electrons. The van der Waals surface area contributed by atoms with Crippen LogP contribution in [0, 0.1) is 0 Å². The first-order valence-electron chi connectivity index (χ1n) is 7.86. The molecule has 1 heterocycles. The number of nitrogens with zero attached hydrogens (tertiary/aromatic N) is 1. The topological polar surface area (TPSA) is 29.5 Å². The molecule has 2 aromatic carbocycles. The van der Waals surface area contributed by atoms with Crippen LogP contribution >= 0.6 is 11.6 Å². The van der Waals surface area contributed by atoms with Gasteiger partial charge in [-0.1, -0.05) is 41.9 Å². The Balaban J connectivity index is 1.78. The van der Waals surface area contributed by atoms with Crippen molar-refractivity contribution in [3.63, 3.8) is 0 Å². The van der Waals surface area contributed by atoms with E-state index >= 15 is 0 Å². The van der Waals surface area contributed by atoms with Gasteiger partial charge in [-0.3, -0.25) is 4.79 Å². The normalized spacial score (nSPS) is 17.3. The van der Waals surface area contributed by atoms with E-state index in [9.17, 15) is 4.79 Å². The molecule has 0 bridgehead atoms. The van der Waals surface area contributed by atoms with Crippen molar-refractivity contribution in [2.45, 2.75) is 25.3 Å². The van der Waals surface area contributed by atoms with Gasteiger partial charge in [0.15, 0.2) is 0 Å². The third-order valence-corrected chi connectivity index (χ3v) is 4.72. The SMILES string of the molecule is COc1cccc(C2CCCN2C(=O)Cc2ccccc2Cl)c1. The van der Waals surface area contributed by atoms with Gasteiger partial charge >= 0.3 is 0 Å². The maximum Gasteiger partial charge on any atom is 0.227 e. The summed E-state index contributed by atoms with van der Waals surface area (Å²) >= 11 is 6.18. The highest BCUT2D eigenvalue weighted by Gasteiger charge is 2.30. The van der Waals surface area contributed by atoms with Crippen molar-refractivity contribution < 1.29 is 9.53 Å². The minimum Gasteiger partial charge on any atom is -0.497 e. The van der Waals surface area contributed by atoms with E-state index in [1.165, 1.54) is 0 Å². The molecule has 0 spiro atoms. The molecule has 1 unspecified atom stereocenters. The molecule has 0 aromatic heterocycles. The maximum atomic E-state index is 12.7. The lowest BCUT2D eigenvalue weighted by molar-refractivity contribution is -0.131. The van der Waals surface area contributed by atoms with Crippen molar-refractivity contribution in [2.24, 2.45) is 0 Å². The number of methoxy groups -OCH3 is 1. The summed E-state index contributed by atoms with van der Waals surface area (Å²) in [5.41, 5.74) is 2.02. The lowest BCUT2D eigenvalue weighted by Gasteiger charge is -2.25. The molecule has 2 aromatic rings. The first-order chi connectivity index (χ1) is 11.2. The number of halogens is 1. The van der Waals surface area contributed by atoms with Gasteiger partial charge in [0.2, 0.25) is 5.91 Å². The molecule has 0 N–H and O–H groups in total. The van der Waals surface area contributed by atoms with E-state index in [0.29, 0.717) is 11.4 Å². The van der Waals surface area contributed by atoms with Crippen LogP contribution < -0.4 is 4.74 Å². The second-order valence-electron chi connectivity index (χ2n) is 5.79. The quantitative estimate of drug-likeness (QED) is 0.839. The molecule has 1 aliphatic rings. The Kier molecular flexibility index (Phi) is 4.87. The van der Waals surface area contributed by atoms with Crippen LogP contribution in [0.2, 0.25) is 5.02 Å². The Morgan fingerprint density at radius 1 is 1.26 bits per heavy atom. The Morgan fingerprint density at radius 3 is 2.87 bits per heavy atom. The minimum atomic E-state index is 0.125. The number of amides is 1.